The zero-order valence-electron chi connectivity index (χ0n) is 15.0. The van der Waals surface area contributed by atoms with Gasteiger partial charge in [0.25, 0.3) is 0 Å². The largest absolute Gasteiger partial charge is 0.467 e. The number of carbonyl (C=O) groups excluding carboxylic acids is 2. The van der Waals surface area contributed by atoms with Gasteiger partial charge in [-0.25, -0.2) is 0 Å². The second-order valence-electron chi connectivity index (χ2n) is 6.32. The van der Waals surface area contributed by atoms with Gasteiger partial charge < -0.3 is 20.0 Å². The monoisotopic (exact) mass is 390 g/mol. The number of rotatable bonds is 6. The van der Waals surface area contributed by atoms with Gasteiger partial charge in [-0.3, -0.25) is 14.5 Å². The lowest BCUT2D eigenvalue weighted by Crippen LogP contribution is -2.49. The maximum atomic E-state index is 11.8. The molecule has 2 N–H and O–H groups in total. The van der Waals surface area contributed by atoms with Crippen LogP contribution in [-0.2, 0) is 16.1 Å². The summed E-state index contributed by atoms with van der Waals surface area (Å²) in [6.07, 6.45) is 1.52. The van der Waals surface area contributed by atoms with Gasteiger partial charge in [0.15, 0.2) is 0 Å². The number of hydrogen-bond acceptors (Lipinski definition) is 5. The fourth-order valence-corrected chi connectivity index (χ4v) is 3.08. The molecule has 1 aromatic carbocycles. The molecule has 1 fully saturated rings. The summed E-state index contributed by atoms with van der Waals surface area (Å²) in [4.78, 5) is 28.2. The van der Waals surface area contributed by atoms with Crippen molar-refractivity contribution >= 4 is 29.1 Å². The van der Waals surface area contributed by atoms with Crippen molar-refractivity contribution in [2.75, 3.05) is 44.2 Å². The predicted molar refractivity (Wildman–Crippen MR) is 104 cm³/mol. The van der Waals surface area contributed by atoms with Crippen LogP contribution in [-0.4, -0.2) is 56.0 Å². The van der Waals surface area contributed by atoms with Crippen LogP contribution >= 0.6 is 11.6 Å². The van der Waals surface area contributed by atoms with Gasteiger partial charge in [0.2, 0.25) is 0 Å². The third kappa shape index (κ3) is 5.74. The van der Waals surface area contributed by atoms with Crippen LogP contribution in [0.4, 0.5) is 5.69 Å². The van der Waals surface area contributed by atoms with Gasteiger partial charge in [0.05, 0.1) is 12.8 Å². The Labute approximate surface area is 163 Å². The summed E-state index contributed by atoms with van der Waals surface area (Å²) in [7, 11) is 0. The fourth-order valence-electron chi connectivity index (χ4n) is 2.95. The second kappa shape index (κ2) is 9.43. The Hall–Kier alpha value is -2.51. The number of amides is 2. The van der Waals surface area contributed by atoms with Crippen LogP contribution in [0, 0.1) is 0 Å². The normalized spacial score (nSPS) is 14.8. The first-order chi connectivity index (χ1) is 13.1. The van der Waals surface area contributed by atoms with Crippen LogP contribution < -0.4 is 15.5 Å². The molecule has 2 heterocycles. The first kappa shape index (κ1) is 19.3. The summed E-state index contributed by atoms with van der Waals surface area (Å²) in [5.74, 6) is -0.671. The van der Waals surface area contributed by atoms with Gasteiger partial charge in [0, 0.05) is 50.0 Å². The summed E-state index contributed by atoms with van der Waals surface area (Å²) in [5, 5.41) is 5.92. The number of furan rings is 1. The molecule has 0 aliphatic carbocycles. The van der Waals surface area contributed by atoms with E-state index >= 15 is 0 Å². The van der Waals surface area contributed by atoms with Crippen molar-refractivity contribution in [3.8, 4) is 0 Å². The Bertz CT molecular complexity index is 741. The molecule has 1 aliphatic rings. The quantitative estimate of drug-likeness (QED) is 0.731. The van der Waals surface area contributed by atoms with E-state index in [-0.39, 0.29) is 6.54 Å². The smallest absolute Gasteiger partial charge is 0.309 e. The third-order valence-corrected chi connectivity index (χ3v) is 4.74. The molecule has 144 valence electrons. The van der Waals surface area contributed by atoms with Gasteiger partial charge >= 0.3 is 11.8 Å². The molecule has 2 amide bonds. The highest BCUT2D eigenvalue weighted by atomic mass is 35.5. The zero-order valence-corrected chi connectivity index (χ0v) is 15.7. The molecule has 1 aromatic heterocycles. The van der Waals surface area contributed by atoms with Crippen molar-refractivity contribution in [2.24, 2.45) is 0 Å². The van der Waals surface area contributed by atoms with Crippen LogP contribution in [0.2, 0.25) is 5.02 Å². The van der Waals surface area contributed by atoms with E-state index in [0.29, 0.717) is 18.8 Å². The summed E-state index contributed by atoms with van der Waals surface area (Å²) in [6.45, 7) is 5.00. The molecule has 0 unspecified atom stereocenters. The Morgan fingerprint density at radius 2 is 1.70 bits per heavy atom. The molecule has 0 radical (unpaired) electrons. The Morgan fingerprint density at radius 3 is 2.37 bits per heavy atom. The molecule has 0 spiro atoms. The van der Waals surface area contributed by atoms with Gasteiger partial charge in [-0.15, -0.1) is 0 Å². The minimum Gasteiger partial charge on any atom is -0.467 e. The summed E-state index contributed by atoms with van der Waals surface area (Å²) < 4.78 is 5.11. The average molecular weight is 391 g/mol. The minimum absolute atomic E-state index is 0.200. The minimum atomic E-state index is -0.654. The summed E-state index contributed by atoms with van der Waals surface area (Å²) in [6, 6.07) is 11.3. The average Bonchev–Trinajstić information content (AvgIpc) is 3.21. The first-order valence-corrected chi connectivity index (χ1v) is 9.31. The zero-order chi connectivity index (χ0) is 19.1. The van der Waals surface area contributed by atoms with Crippen molar-refractivity contribution in [3.63, 3.8) is 0 Å². The molecule has 0 saturated carbocycles. The van der Waals surface area contributed by atoms with E-state index in [1.165, 1.54) is 12.0 Å². The number of nitrogens with zero attached hydrogens (tertiary/aromatic N) is 2. The molecule has 7 nitrogen and oxygen atoms in total. The van der Waals surface area contributed by atoms with Crippen LogP contribution in [0.1, 0.15) is 5.76 Å². The molecule has 3 rings (SSSR count). The Balaban J connectivity index is 1.32. The molecule has 8 heteroatoms. The summed E-state index contributed by atoms with van der Waals surface area (Å²) in [5.41, 5.74) is 1.17. The highest BCUT2D eigenvalue weighted by Gasteiger charge is 2.18. The van der Waals surface area contributed by atoms with Crippen LogP contribution in [0.15, 0.2) is 47.1 Å². The fraction of sp³-hybridized carbons (Fsp3) is 0.368. The number of hydrogen-bond donors (Lipinski definition) is 2. The second-order valence-corrected chi connectivity index (χ2v) is 6.76. The van der Waals surface area contributed by atoms with Crippen LogP contribution in [0.5, 0.6) is 0 Å². The van der Waals surface area contributed by atoms with Crippen molar-refractivity contribution < 1.29 is 14.0 Å². The van der Waals surface area contributed by atoms with E-state index < -0.39 is 11.8 Å². The van der Waals surface area contributed by atoms with Gasteiger partial charge in [0.1, 0.15) is 5.76 Å². The van der Waals surface area contributed by atoms with E-state index in [2.05, 4.69) is 20.4 Å². The molecule has 27 heavy (non-hydrogen) atoms. The lowest BCUT2D eigenvalue weighted by Gasteiger charge is -2.36. The number of nitrogens with one attached hydrogen (secondary N) is 2. The lowest BCUT2D eigenvalue weighted by atomic mass is 10.2. The van der Waals surface area contributed by atoms with Crippen molar-refractivity contribution in [1.29, 1.82) is 0 Å². The topological polar surface area (TPSA) is 77.8 Å². The molecule has 1 saturated heterocycles. The lowest BCUT2D eigenvalue weighted by molar-refractivity contribution is -0.139. The third-order valence-electron chi connectivity index (χ3n) is 4.49. The molecule has 0 bridgehead atoms. The first-order valence-electron chi connectivity index (χ1n) is 8.93. The van der Waals surface area contributed by atoms with E-state index in [9.17, 15) is 9.59 Å². The maximum absolute atomic E-state index is 11.8. The van der Waals surface area contributed by atoms with E-state index in [4.69, 9.17) is 16.0 Å². The molecule has 1 aliphatic heterocycles. The Morgan fingerprint density at radius 1 is 1.00 bits per heavy atom. The van der Waals surface area contributed by atoms with Crippen molar-refractivity contribution in [1.82, 2.24) is 15.5 Å². The number of anilines is 1. The number of piperazine rings is 1. The van der Waals surface area contributed by atoms with E-state index in [1.807, 2.05) is 24.3 Å². The van der Waals surface area contributed by atoms with Crippen LogP contribution in [0.25, 0.3) is 0 Å². The van der Waals surface area contributed by atoms with Crippen molar-refractivity contribution in [3.05, 3.63) is 53.4 Å². The molecular weight excluding hydrogens is 368 g/mol. The predicted octanol–water partition coefficient (Wildman–Crippen LogP) is 1.49. The number of halogens is 1. The van der Waals surface area contributed by atoms with E-state index in [1.54, 1.807) is 12.1 Å². The standard InChI is InChI=1S/C19H23ClN4O3/c20-15-3-5-16(6-4-15)24-11-9-23(10-12-24)8-7-21-18(25)19(26)22-14-17-2-1-13-27-17/h1-6,13H,7-12,14H2,(H,21,25)(H,22,26). The van der Waals surface area contributed by atoms with Crippen LogP contribution in [0.3, 0.4) is 0 Å². The van der Waals surface area contributed by atoms with Crippen molar-refractivity contribution in [2.45, 2.75) is 6.54 Å². The highest BCUT2D eigenvalue weighted by Crippen LogP contribution is 2.19. The number of benzene rings is 1. The summed E-state index contributed by atoms with van der Waals surface area (Å²) >= 11 is 5.93. The molecule has 0 atom stereocenters. The highest BCUT2D eigenvalue weighted by molar-refractivity contribution is 6.35. The number of carbonyl (C=O) groups is 2. The van der Waals surface area contributed by atoms with Gasteiger partial charge in [-0.1, -0.05) is 11.6 Å². The molecular formula is C19H23ClN4O3. The van der Waals surface area contributed by atoms with E-state index in [0.717, 1.165) is 31.2 Å². The van der Waals surface area contributed by atoms with Gasteiger partial charge in [-0.2, -0.15) is 0 Å². The SMILES string of the molecule is O=C(NCCN1CCN(c2ccc(Cl)cc2)CC1)C(=O)NCc1ccco1. The van der Waals surface area contributed by atoms with Gasteiger partial charge in [-0.05, 0) is 36.4 Å². The Kier molecular flexibility index (Phi) is 6.73. The molecule has 2 aromatic rings. The maximum Gasteiger partial charge on any atom is 0.309 e.